The molecule has 0 unspecified atom stereocenters. The zero-order chi connectivity index (χ0) is 9.35. The van der Waals surface area contributed by atoms with Crippen molar-refractivity contribution in [3.63, 3.8) is 0 Å². The first-order valence-corrected chi connectivity index (χ1v) is 4.48. The number of anilines is 2. The summed E-state index contributed by atoms with van der Waals surface area (Å²) in [5.41, 5.74) is 10.6. The monoisotopic (exact) mass is 211 g/mol. The molecule has 0 amide bonds. The number of benzene rings is 1. The van der Waals surface area contributed by atoms with Crippen molar-refractivity contribution in [2.75, 3.05) is 11.5 Å². The van der Waals surface area contributed by atoms with Crippen LogP contribution in [0.4, 0.5) is 11.4 Å². The van der Waals surface area contributed by atoms with Gasteiger partial charge in [0.1, 0.15) is 4.90 Å². The van der Waals surface area contributed by atoms with Crippen LogP contribution in [-0.4, -0.2) is 42.5 Å². The fourth-order valence-electron chi connectivity index (χ4n) is 0.786. The van der Waals surface area contributed by atoms with E-state index in [1.165, 1.54) is 18.2 Å². The van der Waals surface area contributed by atoms with Gasteiger partial charge in [0.25, 0.3) is 10.1 Å². The van der Waals surface area contributed by atoms with Crippen molar-refractivity contribution in [1.29, 1.82) is 0 Å². The molecule has 0 aliphatic carbocycles. The molecule has 5 nitrogen and oxygen atoms in total. The van der Waals surface area contributed by atoms with Crippen LogP contribution in [0, 0.1) is 0 Å². The van der Waals surface area contributed by atoms with Crippen LogP contribution in [0.15, 0.2) is 23.1 Å². The Morgan fingerprint density at radius 1 is 1.23 bits per heavy atom. The smallest absolute Gasteiger partial charge is 0.296 e. The van der Waals surface area contributed by atoms with E-state index in [1.54, 1.807) is 0 Å². The molecule has 7 heteroatoms. The third-order valence-electron chi connectivity index (χ3n) is 1.38. The summed E-state index contributed by atoms with van der Waals surface area (Å²) in [4.78, 5) is -0.359. The van der Waals surface area contributed by atoms with Crippen LogP contribution in [0.5, 0.6) is 0 Å². The quantitative estimate of drug-likeness (QED) is 0.336. The summed E-state index contributed by atoms with van der Waals surface area (Å²) >= 11 is 0. The van der Waals surface area contributed by atoms with Gasteiger partial charge in [0, 0.05) is 29.6 Å². The average molecular weight is 211 g/mol. The Morgan fingerprint density at radius 3 is 2.15 bits per heavy atom. The molecule has 1 aromatic rings. The van der Waals surface area contributed by atoms with E-state index < -0.39 is 10.1 Å². The Morgan fingerprint density at radius 2 is 1.77 bits per heavy atom. The first-order valence-electron chi connectivity index (χ1n) is 3.04. The first kappa shape index (κ1) is 12.7. The van der Waals surface area contributed by atoms with Gasteiger partial charge >= 0.3 is 0 Å². The number of hydrogen-bond acceptors (Lipinski definition) is 4. The summed E-state index contributed by atoms with van der Waals surface area (Å²) in [7, 11) is -4.26. The van der Waals surface area contributed by atoms with E-state index in [0.29, 0.717) is 0 Å². The molecule has 0 aliphatic rings. The first-order chi connectivity index (χ1) is 5.43. The van der Waals surface area contributed by atoms with E-state index in [9.17, 15) is 8.42 Å². The van der Waals surface area contributed by atoms with Crippen LogP contribution in [0.25, 0.3) is 0 Å². The minimum atomic E-state index is -4.26. The Bertz CT molecular complexity index is 404. The Balaban J connectivity index is 0.00000144. The van der Waals surface area contributed by atoms with Crippen molar-refractivity contribution in [1.82, 2.24) is 0 Å². The topological polar surface area (TPSA) is 106 Å². The van der Waals surface area contributed by atoms with E-state index in [1.807, 2.05) is 0 Å². The van der Waals surface area contributed by atoms with Crippen molar-refractivity contribution in [3.05, 3.63) is 18.2 Å². The summed E-state index contributed by atoms with van der Waals surface area (Å²) in [5.74, 6) is 0. The molecule has 0 aliphatic heterocycles. The Kier molecular flexibility index (Phi) is 4.21. The van der Waals surface area contributed by atoms with Gasteiger partial charge in [-0.3, -0.25) is 4.55 Å². The van der Waals surface area contributed by atoms with Crippen LogP contribution in [-0.2, 0) is 10.1 Å². The molecular weight excluding hydrogens is 203 g/mol. The standard InChI is InChI=1S/C6H8N2O3S.Na/c7-4-2-1-3-5(6(4)8)12(9,10)11;/h1-3H,7-8H2,(H,9,10,11);. The maximum atomic E-state index is 10.6. The van der Waals surface area contributed by atoms with Crippen LogP contribution in [0.3, 0.4) is 0 Å². The summed E-state index contributed by atoms with van der Waals surface area (Å²) in [6.07, 6.45) is 0. The Labute approximate surface area is 98.2 Å². The maximum Gasteiger partial charge on any atom is 0.296 e. The van der Waals surface area contributed by atoms with Crippen molar-refractivity contribution in [2.45, 2.75) is 4.90 Å². The van der Waals surface area contributed by atoms with Crippen LogP contribution < -0.4 is 11.5 Å². The third-order valence-corrected chi connectivity index (χ3v) is 2.29. The second-order valence-corrected chi connectivity index (χ2v) is 3.62. The molecule has 1 rings (SSSR count). The number of para-hydroxylation sites is 1. The second kappa shape index (κ2) is 4.30. The van der Waals surface area contributed by atoms with Gasteiger partial charge in [-0.25, -0.2) is 0 Å². The molecule has 0 fully saturated rings. The van der Waals surface area contributed by atoms with Gasteiger partial charge in [-0.1, -0.05) is 6.07 Å². The minimum absolute atomic E-state index is 0. The van der Waals surface area contributed by atoms with Crippen LogP contribution in [0.1, 0.15) is 0 Å². The van der Waals surface area contributed by atoms with Gasteiger partial charge < -0.3 is 11.5 Å². The summed E-state index contributed by atoms with van der Waals surface area (Å²) in [5, 5.41) is 0. The fraction of sp³-hybridized carbons (Fsp3) is 0. The molecule has 67 valence electrons. The van der Waals surface area contributed by atoms with E-state index in [2.05, 4.69) is 0 Å². The molecule has 0 aromatic heterocycles. The molecule has 0 bridgehead atoms. The van der Waals surface area contributed by atoms with E-state index in [-0.39, 0.29) is 45.8 Å². The SMILES string of the molecule is Nc1cccc(S(=O)(=O)O)c1N.[Na]. The molecule has 1 aromatic carbocycles. The van der Waals surface area contributed by atoms with E-state index in [4.69, 9.17) is 16.0 Å². The zero-order valence-corrected chi connectivity index (χ0v) is 9.88. The molecule has 0 atom stereocenters. The molecular formula is C6H8N2NaO3S. The minimum Gasteiger partial charge on any atom is -0.397 e. The number of hydrogen-bond donors (Lipinski definition) is 3. The second-order valence-electron chi connectivity index (χ2n) is 2.23. The number of rotatable bonds is 1. The normalized spacial score (nSPS) is 10.5. The van der Waals surface area contributed by atoms with Crippen molar-refractivity contribution in [2.24, 2.45) is 0 Å². The molecule has 0 spiro atoms. The predicted molar refractivity (Wildman–Crippen MR) is 50.8 cm³/mol. The molecule has 0 saturated heterocycles. The van der Waals surface area contributed by atoms with Gasteiger partial charge in [0.05, 0.1) is 11.4 Å². The van der Waals surface area contributed by atoms with Gasteiger partial charge in [-0.15, -0.1) is 0 Å². The van der Waals surface area contributed by atoms with Crippen LogP contribution in [0.2, 0.25) is 0 Å². The van der Waals surface area contributed by atoms with Gasteiger partial charge in [0.15, 0.2) is 0 Å². The van der Waals surface area contributed by atoms with Gasteiger partial charge in [-0.05, 0) is 12.1 Å². The van der Waals surface area contributed by atoms with Crippen molar-refractivity contribution in [3.8, 4) is 0 Å². The zero-order valence-electron chi connectivity index (χ0n) is 7.06. The summed E-state index contributed by atoms with van der Waals surface area (Å²) in [6, 6.07) is 4.03. The molecule has 13 heavy (non-hydrogen) atoms. The van der Waals surface area contributed by atoms with E-state index in [0.717, 1.165) is 0 Å². The fourth-order valence-corrected chi connectivity index (χ4v) is 1.43. The van der Waals surface area contributed by atoms with Gasteiger partial charge in [0.2, 0.25) is 0 Å². The molecule has 0 heterocycles. The largest absolute Gasteiger partial charge is 0.397 e. The van der Waals surface area contributed by atoms with Gasteiger partial charge in [-0.2, -0.15) is 8.42 Å². The van der Waals surface area contributed by atoms with Crippen LogP contribution >= 0.6 is 0 Å². The number of nitrogens with two attached hydrogens (primary N) is 2. The van der Waals surface area contributed by atoms with E-state index >= 15 is 0 Å². The average Bonchev–Trinajstić information content (AvgIpc) is 1.92. The maximum absolute atomic E-state index is 10.6. The summed E-state index contributed by atoms with van der Waals surface area (Å²) in [6.45, 7) is 0. The Hall–Kier alpha value is -0.270. The van der Waals surface area contributed by atoms with Crippen molar-refractivity contribution >= 4 is 51.1 Å². The van der Waals surface area contributed by atoms with Crippen molar-refractivity contribution < 1.29 is 13.0 Å². The molecule has 0 saturated carbocycles. The predicted octanol–water partition coefficient (Wildman–Crippen LogP) is -0.283. The number of nitrogen functional groups attached to an aromatic ring is 2. The summed E-state index contributed by atoms with van der Waals surface area (Å²) < 4.78 is 29.9. The molecule has 1 radical (unpaired) electrons. The molecule has 5 N–H and O–H groups in total. The third kappa shape index (κ3) is 2.85.